The van der Waals surface area contributed by atoms with Crippen LogP contribution >= 0.6 is 0 Å². The number of carbonyl (C=O) groups is 1. The number of amides is 1. The van der Waals surface area contributed by atoms with Crippen LogP contribution in [0, 0.1) is 22.7 Å². The monoisotopic (exact) mass is 271 g/mol. The topological polar surface area (TPSA) is 68.0 Å². The van der Waals surface area contributed by atoms with E-state index in [1.165, 1.54) is 0 Å². The van der Waals surface area contributed by atoms with Gasteiger partial charge in [0.25, 0.3) is 5.91 Å². The summed E-state index contributed by atoms with van der Waals surface area (Å²) in [6.07, 6.45) is 3.20. The summed E-state index contributed by atoms with van der Waals surface area (Å²) in [5.41, 5.74) is 6.76. The molecular formula is C16H21N3O. The zero-order chi connectivity index (χ0) is 15.0. The van der Waals surface area contributed by atoms with Crippen LogP contribution in [0.1, 0.15) is 43.6 Å². The van der Waals surface area contributed by atoms with Crippen molar-refractivity contribution in [3.05, 3.63) is 29.6 Å². The molecule has 3 N–H and O–H groups in total. The Kier molecular flexibility index (Phi) is 3.58. The van der Waals surface area contributed by atoms with Crippen LogP contribution in [-0.4, -0.2) is 23.5 Å². The highest BCUT2D eigenvalue weighted by Crippen LogP contribution is 2.62. The van der Waals surface area contributed by atoms with E-state index in [0.717, 1.165) is 0 Å². The molecule has 0 aromatic carbocycles. The average molecular weight is 271 g/mol. The van der Waals surface area contributed by atoms with Crippen LogP contribution in [0.25, 0.3) is 0 Å². The van der Waals surface area contributed by atoms with Crippen molar-refractivity contribution in [2.75, 3.05) is 6.54 Å². The lowest BCUT2D eigenvalue weighted by molar-refractivity contribution is 0.0943. The number of nitrogens with one attached hydrogen (secondary N) is 1. The molecule has 106 valence electrons. The van der Waals surface area contributed by atoms with E-state index in [1.807, 2.05) is 0 Å². The summed E-state index contributed by atoms with van der Waals surface area (Å²) in [6, 6.07) is 1.86. The molecule has 0 radical (unpaired) electrons. The van der Waals surface area contributed by atoms with E-state index in [4.69, 9.17) is 5.73 Å². The van der Waals surface area contributed by atoms with Crippen LogP contribution in [0.4, 0.5) is 0 Å². The van der Waals surface area contributed by atoms with E-state index in [1.54, 1.807) is 18.5 Å². The Morgan fingerprint density at radius 2 is 2.05 bits per heavy atom. The molecule has 20 heavy (non-hydrogen) atoms. The molecule has 1 aromatic rings. The zero-order valence-corrected chi connectivity index (χ0v) is 12.4. The Labute approximate surface area is 120 Å². The third-order valence-electron chi connectivity index (χ3n) is 4.69. The van der Waals surface area contributed by atoms with Crippen molar-refractivity contribution in [3.8, 4) is 11.8 Å². The van der Waals surface area contributed by atoms with Gasteiger partial charge >= 0.3 is 0 Å². The normalized spacial score (nSPS) is 18.9. The molecule has 0 bridgehead atoms. The van der Waals surface area contributed by atoms with Gasteiger partial charge in [-0.25, -0.2) is 0 Å². The van der Waals surface area contributed by atoms with Crippen LogP contribution in [0.15, 0.2) is 18.5 Å². The highest BCUT2D eigenvalue weighted by atomic mass is 16.1. The fraction of sp³-hybridized carbons (Fsp3) is 0.500. The lowest BCUT2D eigenvalue weighted by atomic mass is 10.0. The Bertz CT molecular complexity index is 579. The van der Waals surface area contributed by atoms with Crippen molar-refractivity contribution in [1.29, 1.82) is 0 Å². The van der Waals surface area contributed by atoms with Crippen molar-refractivity contribution < 1.29 is 4.79 Å². The van der Waals surface area contributed by atoms with Crippen molar-refractivity contribution in [3.63, 3.8) is 0 Å². The summed E-state index contributed by atoms with van der Waals surface area (Å²) in [5, 5.41) is 3.10. The number of pyridine rings is 1. The fourth-order valence-corrected chi connectivity index (χ4v) is 2.60. The second-order valence-electron chi connectivity index (χ2n) is 6.28. The molecular weight excluding hydrogens is 250 g/mol. The molecule has 0 atom stereocenters. The number of rotatable bonds is 2. The van der Waals surface area contributed by atoms with Crippen molar-refractivity contribution in [2.24, 2.45) is 16.6 Å². The fourth-order valence-electron chi connectivity index (χ4n) is 2.60. The number of nitrogens with zero attached hydrogens (tertiary/aromatic N) is 1. The van der Waals surface area contributed by atoms with Crippen LogP contribution < -0.4 is 11.1 Å². The largest absolute Gasteiger partial charge is 0.348 e. The van der Waals surface area contributed by atoms with E-state index in [-0.39, 0.29) is 29.3 Å². The predicted molar refractivity (Wildman–Crippen MR) is 79.0 cm³/mol. The van der Waals surface area contributed by atoms with Gasteiger partial charge < -0.3 is 11.1 Å². The van der Waals surface area contributed by atoms with Gasteiger partial charge in [-0.3, -0.25) is 9.78 Å². The van der Waals surface area contributed by atoms with Gasteiger partial charge in [-0.2, -0.15) is 0 Å². The molecule has 1 amide bonds. The van der Waals surface area contributed by atoms with Gasteiger partial charge in [0.2, 0.25) is 0 Å². The Balaban J connectivity index is 2.19. The number of carbonyl (C=O) groups excluding carboxylic acids is 1. The van der Waals surface area contributed by atoms with Crippen molar-refractivity contribution in [2.45, 2.75) is 33.7 Å². The molecule has 1 saturated carbocycles. The molecule has 1 fully saturated rings. The number of nitrogens with two attached hydrogens (primary N) is 1. The SMILES string of the molecule is CC1(C)C(NC(=O)c2ccncc2C#CCN)C1(C)C. The average Bonchev–Trinajstić information content (AvgIpc) is 2.79. The summed E-state index contributed by atoms with van der Waals surface area (Å²) < 4.78 is 0. The third kappa shape index (κ3) is 2.30. The summed E-state index contributed by atoms with van der Waals surface area (Å²) in [5.74, 6) is 5.55. The van der Waals surface area contributed by atoms with E-state index in [0.29, 0.717) is 11.1 Å². The summed E-state index contributed by atoms with van der Waals surface area (Å²) >= 11 is 0. The van der Waals surface area contributed by atoms with Gasteiger partial charge in [0.1, 0.15) is 0 Å². The maximum atomic E-state index is 12.4. The molecule has 0 spiro atoms. The molecule has 4 nitrogen and oxygen atoms in total. The highest BCUT2D eigenvalue weighted by Gasteiger charge is 2.65. The van der Waals surface area contributed by atoms with E-state index in [2.05, 4.69) is 49.8 Å². The van der Waals surface area contributed by atoms with Gasteiger partial charge in [-0.15, -0.1) is 0 Å². The first-order chi connectivity index (χ1) is 9.32. The van der Waals surface area contributed by atoms with E-state index >= 15 is 0 Å². The van der Waals surface area contributed by atoms with E-state index < -0.39 is 0 Å². The standard InChI is InChI=1S/C16H21N3O/c1-15(2)14(16(15,3)4)19-13(20)12-7-9-18-10-11(12)6-5-8-17/h7,9-10,14H,8,17H2,1-4H3,(H,19,20). The quantitative estimate of drug-likeness (QED) is 0.802. The first-order valence-electron chi connectivity index (χ1n) is 6.76. The first-order valence-corrected chi connectivity index (χ1v) is 6.76. The lowest BCUT2D eigenvalue weighted by Crippen LogP contribution is -2.30. The maximum absolute atomic E-state index is 12.4. The van der Waals surface area contributed by atoms with Crippen molar-refractivity contribution >= 4 is 5.91 Å². The van der Waals surface area contributed by atoms with Crippen LogP contribution in [0.3, 0.4) is 0 Å². The van der Waals surface area contributed by atoms with Gasteiger partial charge in [0.15, 0.2) is 0 Å². The minimum atomic E-state index is -0.0997. The van der Waals surface area contributed by atoms with Gasteiger partial charge in [0, 0.05) is 18.4 Å². The lowest BCUT2D eigenvalue weighted by Gasteiger charge is -2.08. The summed E-state index contributed by atoms with van der Waals surface area (Å²) in [7, 11) is 0. The van der Waals surface area contributed by atoms with Crippen LogP contribution in [0.2, 0.25) is 0 Å². The molecule has 4 heteroatoms. The molecule has 1 aromatic heterocycles. The van der Waals surface area contributed by atoms with Gasteiger partial charge in [-0.1, -0.05) is 39.5 Å². The number of hydrogen-bond donors (Lipinski definition) is 2. The van der Waals surface area contributed by atoms with Gasteiger partial charge in [-0.05, 0) is 16.9 Å². The Morgan fingerprint density at radius 1 is 1.40 bits per heavy atom. The molecule has 2 rings (SSSR count). The highest BCUT2D eigenvalue weighted by molar-refractivity contribution is 5.97. The van der Waals surface area contributed by atoms with E-state index in [9.17, 15) is 4.79 Å². The zero-order valence-electron chi connectivity index (χ0n) is 12.4. The minimum Gasteiger partial charge on any atom is -0.348 e. The molecule has 1 aliphatic carbocycles. The third-order valence-corrected chi connectivity index (χ3v) is 4.69. The summed E-state index contributed by atoms with van der Waals surface area (Å²) in [6.45, 7) is 8.93. The number of hydrogen-bond acceptors (Lipinski definition) is 3. The minimum absolute atomic E-state index is 0.0997. The molecule has 0 saturated heterocycles. The molecule has 0 unspecified atom stereocenters. The Hall–Kier alpha value is -1.86. The first kappa shape index (κ1) is 14.5. The second-order valence-corrected chi connectivity index (χ2v) is 6.28. The number of aromatic nitrogens is 1. The predicted octanol–water partition coefficient (Wildman–Crippen LogP) is 1.56. The van der Waals surface area contributed by atoms with Crippen LogP contribution in [0.5, 0.6) is 0 Å². The molecule has 1 aliphatic rings. The Morgan fingerprint density at radius 3 is 2.60 bits per heavy atom. The smallest absolute Gasteiger partial charge is 0.252 e. The van der Waals surface area contributed by atoms with Crippen molar-refractivity contribution in [1.82, 2.24) is 10.3 Å². The second kappa shape index (κ2) is 4.92. The summed E-state index contributed by atoms with van der Waals surface area (Å²) in [4.78, 5) is 16.4. The van der Waals surface area contributed by atoms with Gasteiger partial charge in [0.05, 0.1) is 17.7 Å². The van der Waals surface area contributed by atoms with Crippen LogP contribution in [-0.2, 0) is 0 Å². The molecule has 1 heterocycles. The maximum Gasteiger partial charge on any atom is 0.252 e. The molecule has 0 aliphatic heterocycles.